The Hall–Kier alpha value is -4.93. The molecule has 1 aliphatic rings. The first kappa shape index (κ1) is 24.4. The van der Waals surface area contributed by atoms with Gasteiger partial charge in [0.15, 0.2) is 0 Å². The number of hydrogen-bond donors (Lipinski definition) is 0. The zero-order chi connectivity index (χ0) is 26.9. The maximum absolute atomic E-state index is 12.5. The minimum absolute atomic E-state index is 0.401. The standard InChI is InChI=1S/C28H28N8O3/c1-33-17-21(14-31-33)20-12-23(27-24(28(37)39-3)16-32-36(27)18-20)19-4-6-25(29-13-19)35-10-8-34(9-11-35)22-5-7-26(38-2)30-15-22/h4-7,12-18H,8-11H2,1-3H3. The van der Waals surface area contributed by atoms with Gasteiger partial charge in [-0.3, -0.25) is 4.68 Å². The summed E-state index contributed by atoms with van der Waals surface area (Å²) >= 11 is 0. The van der Waals surface area contributed by atoms with Crippen LogP contribution in [0.3, 0.4) is 0 Å². The highest BCUT2D eigenvalue weighted by atomic mass is 16.5. The fraction of sp³-hybridized carbons (Fsp3) is 0.250. The molecule has 6 heterocycles. The van der Waals surface area contributed by atoms with Crippen LogP contribution in [0.25, 0.3) is 27.8 Å². The van der Waals surface area contributed by atoms with Crippen molar-refractivity contribution in [3.63, 3.8) is 0 Å². The molecule has 0 aliphatic carbocycles. The Kier molecular flexibility index (Phi) is 6.31. The number of hydrogen-bond acceptors (Lipinski definition) is 9. The number of nitrogens with zero attached hydrogens (tertiary/aromatic N) is 8. The quantitative estimate of drug-likeness (QED) is 0.310. The summed E-state index contributed by atoms with van der Waals surface area (Å²) in [5, 5.41) is 8.74. The molecule has 5 aromatic heterocycles. The van der Waals surface area contributed by atoms with Gasteiger partial charge in [-0.05, 0) is 24.3 Å². The molecule has 5 aromatic rings. The molecule has 198 valence electrons. The van der Waals surface area contributed by atoms with Crippen molar-refractivity contribution in [2.24, 2.45) is 7.05 Å². The van der Waals surface area contributed by atoms with Crippen LogP contribution < -0.4 is 14.5 Å². The fourth-order valence-corrected chi connectivity index (χ4v) is 4.94. The zero-order valence-electron chi connectivity index (χ0n) is 22.0. The van der Waals surface area contributed by atoms with Crippen molar-refractivity contribution in [1.29, 1.82) is 0 Å². The maximum Gasteiger partial charge on any atom is 0.341 e. The van der Waals surface area contributed by atoms with Crippen molar-refractivity contribution in [3.8, 4) is 28.1 Å². The fourth-order valence-electron chi connectivity index (χ4n) is 4.94. The molecule has 0 amide bonds. The smallest absolute Gasteiger partial charge is 0.341 e. The maximum atomic E-state index is 12.5. The van der Waals surface area contributed by atoms with Crippen LogP contribution in [0.5, 0.6) is 5.88 Å². The highest BCUT2D eigenvalue weighted by molar-refractivity contribution is 6.02. The van der Waals surface area contributed by atoms with Gasteiger partial charge < -0.3 is 19.3 Å². The number of piperazine rings is 1. The Morgan fingerprint density at radius 2 is 1.64 bits per heavy atom. The molecule has 39 heavy (non-hydrogen) atoms. The second-order valence-corrected chi connectivity index (χ2v) is 9.33. The number of ether oxygens (including phenoxy) is 2. The molecule has 0 bridgehead atoms. The third kappa shape index (κ3) is 4.63. The number of aromatic nitrogens is 6. The summed E-state index contributed by atoms with van der Waals surface area (Å²) in [6, 6.07) is 10.0. The Bertz CT molecular complexity index is 1620. The van der Waals surface area contributed by atoms with Gasteiger partial charge in [0.1, 0.15) is 11.4 Å². The molecular weight excluding hydrogens is 496 g/mol. The second-order valence-electron chi connectivity index (χ2n) is 9.33. The van der Waals surface area contributed by atoms with E-state index in [0.717, 1.165) is 59.9 Å². The number of rotatable bonds is 6. The molecule has 1 saturated heterocycles. The zero-order valence-corrected chi connectivity index (χ0v) is 22.0. The Balaban J connectivity index is 1.28. The van der Waals surface area contributed by atoms with E-state index in [1.807, 2.05) is 62.2 Å². The number of carbonyl (C=O) groups is 1. The van der Waals surface area contributed by atoms with Crippen LogP contribution in [-0.2, 0) is 11.8 Å². The van der Waals surface area contributed by atoms with Crippen LogP contribution >= 0.6 is 0 Å². The summed E-state index contributed by atoms with van der Waals surface area (Å²) in [6.45, 7) is 3.41. The first-order valence-electron chi connectivity index (χ1n) is 12.6. The summed E-state index contributed by atoms with van der Waals surface area (Å²) in [5.74, 6) is 1.09. The van der Waals surface area contributed by atoms with Crippen molar-refractivity contribution in [2.75, 3.05) is 50.2 Å². The van der Waals surface area contributed by atoms with Crippen LogP contribution in [0.2, 0.25) is 0 Å². The van der Waals surface area contributed by atoms with Crippen molar-refractivity contribution in [1.82, 2.24) is 29.4 Å². The molecule has 0 unspecified atom stereocenters. The summed E-state index contributed by atoms with van der Waals surface area (Å²) in [5.41, 5.74) is 5.75. The second kappa shape index (κ2) is 10.1. The van der Waals surface area contributed by atoms with E-state index in [9.17, 15) is 4.79 Å². The van der Waals surface area contributed by atoms with E-state index in [1.165, 1.54) is 13.3 Å². The number of pyridine rings is 3. The van der Waals surface area contributed by atoms with Crippen LogP contribution in [-0.4, -0.2) is 75.7 Å². The van der Waals surface area contributed by atoms with Crippen LogP contribution in [0.15, 0.2) is 67.5 Å². The molecule has 0 atom stereocenters. The average molecular weight is 525 g/mol. The number of esters is 1. The summed E-state index contributed by atoms with van der Waals surface area (Å²) in [6.07, 6.45) is 10.9. The predicted octanol–water partition coefficient (Wildman–Crippen LogP) is 3.31. The summed E-state index contributed by atoms with van der Waals surface area (Å²) < 4.78 is 13.7. The van der Waals surface area contributed by atoms with E-state index >= 15 is 0 Å². The van der Waals surface area contributed by atoms with Crippen molar-refractivity contribution in [3.05, 3.63) is 73.1 Å². The van der Waals surface area contributed by atoms with E-state index in [-0.39, 0.29) is 0 Å². The summed E-state index contributed by atoms with van der Waals surface area (Å²) in [7, 11) is 4.87. The monoisotopic (exact) mass is 524 g/mol. The molecule has 11 heteroatoms. The SMILES string of the molecule is COC(=O)c1cnn2cc(-c3cnn(C)c3)cc(-c3ccc(N4CCN(c5ccc(OC)nc5)CC4)nc3)c12. The van der Waals surface area contributed by atoms with E-state index in [0.29, 0.717) is 17.0 Å². The lowest BCUT2D eigenvalue weighted by Crippen LogP contribution is -2.46. The molecular formula is C28H28N8O3. The van der Waals surface area contributed by atoms with Crippen LogP contribution in [0.4, 0.5) is 11.5 Å². The largest absolute Gasteiger partial charge is 0.481 e. The van der Waals surface area contributed by atoms with Crippen LogP contribution in [0.1, 0.15) is 10.4 Å². The minimum atomic E-state index is -0.435. The van der Waals surface area contributed by atoms with E-state index in [1.54, 1.807) is 22.5 Å². The number of aryl methyl sites for hydroxylation is 1. The van der Waals surface area contributed by atoms with Gasteiger partial charge in [0.05, 0.1) is 44.0 Å². The molecule has 1 fully saturated rings. The van der Waals surface area contributed by atoms with Gasteiger partial charge in [-0.1, -0.05) is 0 Å². The third-order valence-electron chi connectivity index (χ3n) is 7.01. The number of methoxy groups -OCH3 is 2. The molecule has 0 radical (unpaired) electrons. The molecule has 0 aromatic carbocycles. The van der Waals surface area contributed by atoms with Gasteiger partial charge >= 0.3 is 5.97 Å². The highest BCUT2D eigenvalue weighted by Gasteiger charge is 2.21. The Morgan fingerprint density at radius 3 is 2.28 bits per heavy atom. The molecule has 6 rings (SSSR count). The number of fused-ring (bicyclic) bond motifs is 1. The Morgan fingerprint density at radius 1 is 0.821 bits per heavy atom. The number of anilines is 2. The molecule has 0 N–H and O–H groups in total. The molecule has 0 saturated carbocycles. The average Bonchev–Trinajstić information content (AvgIpc) is 3.63. The predicted molar refractivity (Wildman–Crippen MR) is 147 cm³/mol. The Labute approximate surface area is 225 Å². The topological polar surface area (TPSA) is 103 Å². The van der Waals surface area contributed by atoms with E-state index in [4.69, 9.17) is 14.5 Å². The summed E-state index contributed by atoms with van der Waals surface area (Å²) in [4.78, 5) is 26.2. The van der Waals surface area contributed by atoms with Crippen LogP contribution in [0, 0.1) is 0 Å². The lowest BCUT2D eigenvalue weighted by atomic mass is 10.0. The van der Waals surface area contributed by atoms with E-state index < -0.39 is 5.97 Å². The van der Waals surface area contributed by atoms with Gasteiger partial charge in [-0.25, -0.2) is 19.3 Å². The van der Waals surface area contributed by atoms with Crippen molar-refractivity contribution >= 4 is 23.0 Å². The normalized spacial score (nSPS) is 13.6. The minimum Gasteiger partial charge on any atom is -0.481 e. The van der Waals surface area contributed by atoms with Gasteiger partial charge in [-0.2, -0.15) is 10.2 Å². The lowest BCUT2D eigenvalue weighted by molar-refractivity contribution is 0.0603. The van der Waals surface area contributed by atoms with Crippen molar-refractivity contribution in [2.45, 2.75) is 0 Å². The molecule has 11 nitrogen and oxygen atoms in total. The van der Waals surface area contributed by atoms with Gasteiger partial charge in [0, 0.05) is 80.1 Å². The van der Waals surface area contributed by atoms with Gasteiger partial charge in [0.2, 0.25) is 5.88 Å². The lowest BCUT2D eigenvalue weighted by Gasteiger charge is -2.36. The first-order valence-corrected chi connectivity index (χ1v) is 12.6. The first-order chi connectivity index (χ1) is 19.0. The van der Waals surface area contributed by atoms with Gasteiger partial charge in [-0.15, -0.1) is 0 Å². The third-order valence-corrected chi connectivity index (χ3v) is 7.01. The van der Waals surface area contributed by atoms with Crippen molar-refractivity contribution < 1.29 is 14.3 Å². The molecule has 1 aliphatic heterocycles. The molecule has 0 spiro atoms. The number of carbonyl (C=O) groups excluding carboxylic acids is 1. The van der Waals surface area contributed by atoms with E-state index in [2.05, 4.69) is 25.0 Å². The van der Waals surface area contributed by atoms with Gasteiger partial charge in [0.25, 0.3) is 0 Å². The highest BCUT2D eigenvalue weighted by Crippen LogP contribution is 2.33.